The number of amides is 2. The van der Waals surface area contributed by atoms with Crippen molar-refractivity contribution in [1.82, 2.24) is 4.90 Å². The van der Waals surface area contributed by atoms with Crippen LogP contribution in [0.5, 0.6) is 0 Å². The largest absolute Gasteiger partial charge is 1.00 e. The zero-order valence-electron chi connectivity index (χ0n) is 9.46. The third-order valence-electron chi connectivity index (χ3n) is 1.01. The first-order valence-corrected chi connectivity index (χ1v) is 4.53. The number of thiol groups is 2. The molecule has 86 valence electrons. The third kappa shape index (κ3) is 21.1. The monoisotopic (exact) mass is 282 g/mol. The summed E-state index contributed by atoms with van der Waals surface area (Å²) in [7, 11) is 0. The van der Waals surface area contributed by atoms with Gasteiger partial charge in [0.1, 0.15) is 0 Å². The molecule has 0 aliphatic heterocycles. The minimum atomic E-state index is -0.639. The topological polar surface area (TPSA) is 104 Å². The fourth-order valence-electron chi connectivity index (χ4n) is 0.545. The van der Waals surface area contributed by atoms with Gasteiger partial charge < -0.3 is 22.3 Å². The molecule has 0 aliphatic carbocycles. The van der Waals surface area contributed by atoms with E-state index in [9.17, 15) is 4.79 Å². The van der Waals surface area contributed by atoms with Crippen LogP contribution in [0, 0.1) is 0 Å². The molecule has 0 aromatic carbocycles. The molecule has 0 spiro atoms. The summed E-state index contributed by atoms with van der Waals surface area (Å²) in [4.78, 5) is 20.8. The number of primary amides is 1. The van der Waals surface area contributed by atoms with Crippen LogP contribution in [-0.2, 0) is 0 Å². The molecule has 0 atom stereocenters. The number of aliphatic hydroxyl groups is 2. The fourth-order valence-corrected chi connectivity index (χ4v) is 0.745. The first kappa shape index (κ1) is 21.5. The summed E-state index contributed by atoms with van der Waals surface area (Å²) >= 11 is 6.63. The molecule has 0 aliphatic rings. The second-order valence-electron chi connectivity index (χ2n) is 2.06. The van der Waals surface area contributed by atoms with E-state index in [2.05, 4.69) is 31.0 Å². The van der Waals surface area contributed by atoms with Crippen molar-refractivity contribution in [2.75, 3.05) is 26.3 Å². The molecule has 4 N–H and O–H groups in total. The minimum Gasteiger partial charge on any atom is -1.00 e. The maximum Gasteiger partial charge on any atom is 1.00 e. The Morgan fingerprint density at radius 3 is 1.60 bits per heavy atom. The molecule has 0 fully saturated rings. The van der Waals surface area contributed by atoms with Crippen LogP contribution >= 0.6 is 25.3 Å². The summed E-state index contributed by atoms with van der Waals surface area (Å²) in [5.74, 6) is 0. The van der Waals surface area contributed by atoms with E-state index in [1.54, 1.807) is 0 Å². The van der Waals surface area contributed by atoms with Gasteiger partial charge >= 0.3 is 51.4 Å². The normalized spacial score (nSPS) is 8.00. The van der Waals surface area contributed by atoms with E-state index >= 15 is 0 Å². The van der Waals surface area contributed by atoms with Gasteiger partial charge in [-0.15, -0.1) is 0 Å². The SMILES string of the molecule is NC(=O)S.O=C(S)N(CCO)CCO.[H-].[K+]. The van der Waals surface area contributed by atoms with Gasteiger partial charge in [-0.2, -0.15) is 0 Å². The summed E-state index contributed by atoms with van der Waals surface area (Å²) < 4.78 is 0. The maximum atomic E-state index is 10.5. The van der Waals surface area contributed by atoms with Gasteiger partial charge in [0.25, 0.3) is 10.5 Å². The van der Waals surface area contributed by atoms with E-state index in [4.69, 9.17) is 15.0 Å². The van der Waals surface area contributed by atoms with Crippen LogP contribution in [0.3, 0.4) is 0 Å². The number of carbonyl (C=O) groups excluding carboxylic acids is 2. The molecule has 0 bridgehead atoms. The van der Waals surface area contributed by atoms with E-state index < -0.39 is 10.5 Å². The van der Waals surface area contributed by atoms with E-state index in [1.165, 1.54) is 4.90 Å². The van der Waals surface area contributed by atoms with Crippen molar-refractivity contribution >= 4 is 35.7 Å². The maximum absolute atomic E-state index is 10.5. The van der Waals surface area contributed by atoms with Crippen LogP contribution in [0.25, 0.3) is 0 Å². The molecule has 0 saturated heterocycles. The van der Waals surface area contributed by atoms with Gasteiger partial charge in [0, 0.05) is 13.1 Å². The van der Waals surface area contributed by atoms with Gasteiger partial charge in [0.2, 0.25) is 0 Å². The van der Waals surface area contributed by atoms with Crippen molar-refractivity contribution in [3.05, 3.63) is 0 Å². The van der Waals surface area contributed by atoms with Crippen molar-refractivity contribution < 1.29 is 72.6 Å². The number of carbonyl (C=O) groups is 2. The molecule has 0 aromatic heterocycles. The van der Waals surface area contributed by atoms with Crippen molar-refractivity contribution in [2.45, 2.75) is 0 Å². The van der Waals surface area contributed by atoms with Crippen molar-refractivity contribution in [1.29, 1.82) is 0 Å². The number of nitrogens with two attached hydrogens (primary N) is 1. The summed E-state index contributed by atoms with van der Waals surface area (Å²) in [5.41, 5.74) is 4.34. The molecule has 0 unspecified atom stereocenters. The molecule has 0 aromatic rings. The molecule has 0 saturated carbocycles. The summed E-state index contributed by atoms with van der Waals surface area (Å²) in [6.45, 7) is 0.240. The summed E-state index contributed by atoms with van der Waals surface area (Å²) in [6, 6.07) is 0. The van der Waals surface area contributed by atoms with Crippen LogP contribution in [0.15, 0.2) is 0 Å². The van der Waals surface area contributed by atoms with Crippen LogP contribution in [0.1, 0.15) is 1.43 Å². The van der Waals surface area contributed by atoms with E-state index in [1.807, 2.05) is 0 Å². The molecule has 2 amide bonds. The number of nitrogens with zero attached hydrogens (tertiary/aromatic N) is 1. The van der Waals surface area contributed by atoms with Gasteiger partial charge in [-0.25, -0.2) is 0 Å². The van der Waals surface area contributed by atoms with Crippen molar-refractivity contribution in [3.8, 4) is 0 Å². The first-order valence-electron chi connectivity index (χ1n) is 3.63. The predicted molar refractivity (Wildman–Crippen MR) is 59.8 cm³/mol. The molecular weight excluding hydrogens is 267 g/mol. The fraction of sp³-hybridized carbons (Fsp3) is 0.667. The van der Waals surface area contributed by atoms with E-state index in [-0.39, 0.29) is 79.1 Å². The Bertz CT molecular complexity index is 180. The summed E-state index contributed by atoms with van der Waals surface area (Å²) in [5, 5.41) is 15.7. The summed E-state index contributed by atoms with van der Waals surface area (Å²) in [6.07, 6.45) is 0. The van der Waals surface area contributed by atoms with Crippen molar-refractivity contribution in [3.63, 3.8) is 0 Å². The average molecular weight is 282 g/mol. The molecule has 0 rings (SSSR count). The van der Waals surface area contributed by atoms with Crippen LogP contribution in [0.2, 0.25) is 0 Å². The molecule has 15 heavy (non-hydrogen) atoms. The third-order valence-corrected chi connectivity index (χ3v) is 1.29. The zero-order chi connectivity index (χ0) is 11.6. The Morgan fingerprint density at radius 2 is 1.47 bits per heavy atom. The Morgan fingerprint density at radius 1 is 1.20 bits per heavy atom. The smallest absolute Gasteiger partial charge is 1.00 e. The van der Waals surface area contributed by atoms with Crippen molar-refractivity contribution in [2.24, 2.45) is 5.73 Å². The van der Waals surface area contributed by atoms with E-state index in [0.29, 0.717) is 0 Å². The standard InChI is InChI=1S/C5H11NO3S.CH3NOS.K.H/c7-3-1-6(2-4-8)5(9)10;2-1(3)4;;/h7-8H,1-4H2,(H,9,10);(H3,2,3,4);;/q;;+1;-1. The van der Waals surface area contributed by atoms with Crippen LogP contribution < -0.4 is 57.1 Å². The average Bonchev–Trinajstić information content (AvgIpc) is 2.02. The quantitative estimate of drug-likeness (QED) is 0.272. The number of hydrogen-bond acceptors (Lipinski definition) is 4. The second kappa shape index (κ2) is 15.2. The molecule has 9 heteroatoms. The predicted octanol–water partition coefficient (Wildman–Crippen LogP) is -3.57. The zero-order valence-corrected chi connectivity index (χ0v) is 13.4. The van der Waals surface area contributed by atoms with E-state index in [0.717, 1.165) is 0 Å². The Hall–Kier alpha value is 1.20. The molecular formula is C6H15KN2O4S2. The molecule has 0 heterocycles. The minimum absolute atomic E-state index is 0. The van der Waals surface area contributed by atoms with Crippen LogP contribution in [-0.4, -0.2) is 51.9 Å². The number of aliphatic hydroxyl groups excluding tert-OH is 2. The second-order valence-corrected chi connectivity index (χ2v) is 2.88. The number of hydrogen-bond donors (Lipinski definition) is 5. The Balaban J connectivity index is -0.000000105. The van der Waals surface area contributed by atoms with Gasteiger partial charge in [0.15, 0.2) is 0 Å². The van der Waals surface area contributed by atoms with Gasteiger partial charge in [-0.05, 0) is 0 Å². The first-order chi connectivity index (χ1) is 6.45. The van der Waals surface area contributed by atoms with Gasteiger partial charge in [-0.1, -0.05) is 25.3 Å². The van der Waals surface area contributed by atoms with Gasteiger partial charge in [-0.3, -0.25) is 9.59 Å². The molecule has 6 nitrogen and oxygen atoms in total. The molecule has 0 radical (unpaired) electrons. The van der Waals surface area contributed by atoms with Crippen LogP contribution in [0.4, 0.5) is 9.59 Å². The Labute approximate surface area is 143 Å². The number of rotatable bonds is 4. The Kier molecular flexibility index (Phi) is 21.8. The van der Waals surface area contributed by atoms with Gasteiger partial charge in [0.05, 0.1) is 13.2 Å².